The second-order valence-corrected chi connectivity index (χ2v) is 6.89. The van der Waals surface area contributed by atoms with Gasteiger partial charge in [-0.3, -0.25) is 4.79 Å². The summed E-state index contributed by atoms with van der Waals surface area (Å²) < 4.78 is 1.83. The summed E-state index contributed by atoms with van der Waals surface area (Å²) >= 11 is 0. The van der Waals surface area contributed by atoms with Crippen LogP contribution in [0.5, 0.6) is 0 Å². The Kier molecular flexibility index (Phi) is 5.21. The molecule has 1 aromatic heterocycles. The van der Waals surface area contributed by atoms with E-state index in [1.165, 1.54) is 0 Å². The van der Waals surface area contributed by atoms with Crippen LogP contribution in [-0.2, 0) is 0 Å². The van der Waals surface area contributed by atoms with Crippen molar-refractivity contribution in [3.63, 3.8) is 0 Å². The molecule has 0 aliphatic rings. The predicted molar refractivity (Wildman–Crippen MR) is 90.7 cm³/mol. The third-order valence-corrected chi connectivity index (χ3v) is 3.75. The normalized spacial score (nSPS) is 12.9. The second kappa shape index (κ2) is 6.96. The zero-order chi connectivity index (χ0) is 17.0. The Labute approximate surface area is 137 Å². The number of aliphatic hydroxyl groups is 1. The Morgan fingerprint density at radius 3 is 2.78 bits per heavy atom. The molecular formula is C18H25N3O2. The van der Waals surface area contributed by atoms with E-state index in [-0.39, 0.29) is 17.4 Å². The summed E-state index contributed by atoms with van der Waals surface area (Å²) in [5.41, 5.74) is 2.29. The average molecular weight is 315 g/mol. The van der Waals surface area contributed by atoms with Crippen molar-refractivity contribution in [2.24, 2.45) is 5.41 Å². The molecule has 1 unspecified atom stereocenters. The fraction of sp³-hybridized carbons (Fsp3) is 0.444. The number of carbonyl (C=O) groups is 1. The van der Waals surface area contributed by atoms with Crippen molar-refractivity contribution in [3.05, 3.63) is 48.0 Å². The number of benzene rings is 1. The molecule has 5 heteroatoms. The van der Waals surface area contributed by atoms with Crippen molar-refractivity contribution < 1.29 is 9.90 Å². The van der Waals surface area contributed by atoms with Gasteiger partial charge in [-0.15, -0.1) is 0 Å². The van der Waals surface area contributed by atoms with Gasteiger partial charge in [0.15, 0.2) is 0 Å². The zero-order valence-corrected chi connectivity index (χ0v) is 14.2. The van der Waals surface area contributed by atoms with Gasteiger partial charge in [0.1, 0.15) is 0 Å². The van der Waals surface area contributed by atoms with Gasteiger partial charge in [0.25, 0.3) is 5.91 Å². The van der Waals surface area contributed by atoms with Crippen LogP contribution in [0.2, 0.25) is 0 Å². The quantitative estimate of drug-likeness (QED) is 0.861. The van der Waals surface area contributed by atoms with Gasteiger partial charge in [0.2, 0.25) is 0 Å². The summed E-state index contributed by atoms with van der Waals surface area (Å²) in [5, 5.41) is 12.5. The molecule has 0 bridgehead atoms. The molecule has 2 rings (SSSR count). The molecule has 5 nitrogen and oxygen atoms in total. The number of aliphatic hydroxyl groups excluding tert-OH is 1. The molecule has 1 amide bonds. The summed E-state index contributed by atoms with van der Waals surface area (Å²) in [7, 11) is 0. The van der Waals surface area contributed by atoms with Crippen molar-refractivity contribution in [1.82, 2.24) is 14.9 Å². The highest BCUT2D eigenvalue weighted by Gasteiger charge is 2.22. The highest BCUT2D eigenvalue weighted by molar-refractivity contribution is 5.98. The van der Waals surface area contributed by atoms with Gasteiger partial charge in [0, 0.05) is 18.9 Å². The van der Waals surface area contributed by atoms with Gasteiger partial charge in [0.05, 0.1) is 23.7 Å². The maximum atomic E-state index is 12.6. The van der Waals surface area contributed by atoms with Gasteiger partial charge in [-0.2, -0.15) is 0 Å². The third kappa shape index (κ3) is 4.66. The summed E-state index contributed by atoms with van der Waals surface area (Å²) in [5.74, 6) is -0.115. The Hall–Kier alpha value is -2.14. The molecule has 1 aromatic carbocycles. The molecule has 0 aliphatic carbocycles. The van der Waals surface area contributed by atoms with E-state index in [0.717, 1.165) is 11.3 Å². The molecule has 0 spiro atoms. The van der Waals surface area contributed by atoms with Crippen molar-refractivity contribution in [2.45, 2.75) is 40.2 Å². The molecule has 0 saturated heterocycles. The van der Waals surface area contributed by atoms with Crippen molar-refractivity contribution in [2.75, 3.05) is 6.54 Å². The van der Waals surface area contributed by atoms with Crippen molar-refractivity contribution >= 4 is 5.91 Å². The third-order valence-electron chi connectivity index (χ3n) is 3.75. The van der Waals surface area contributed by atoms with Crippen molar-refractivity contribution in [1.29, 1.82) is 0 Å². The lowest BCUT2D eigenvalue weighted by atomic mass is 9.87. The van der Waals surface area contributed by atoms with Crippen LogP contribution in [0.15, 0.2) is 36.9 Å². The number of hydrogen-bond acceptors (Lipinski definition) is 3. The fourth-order valence-corrected chi connectivity index (χ4v) is 2.75. The molecule has 1 heterocycles. The number of nitrogens with one attached hydrogen (secondary N) is 1. The number of imidazole rings is 1. The number of nitrogens with zero attached hydrogens (tertiary/aromatic N) is 2. The van der Waals surface area contributed by atoms with Crippen LogP contribution in [0.25, 0.3) is 5.69 Å². The number of aryl methyl sites for hydroxylation is 1. The summed E-state index contributed by atoms with van der Waals surface area (Å²) in [6, 6.07) is 5.78. The van der Waals surface area contributed by atoms with Crippen LogP contribution in [0, 0.1) is 12.3 Å². The van der Waals surface area contributed by atoms with Gasteiger partial charge < -0.3 is 15.0 Å². The highest BCUT2D eigenvalue weighted by Crippen LogP contribution is 2.22. The monoisotopic (exact) mass is 315 g/mol. The van der Waals surface area contributed by atoms with Crippen LogP contribution in [0.3, 0.4) is 0 Å². The predicted octanol–water partition coefficient (Wildman–Crippen LogP) is 2.71. The number of carbonyl (C=O) groups excluding carboxylic acids is 1. The summed E-state index contributed by atoms with van der Waals surface area (Å²) in [6.07, 6.45) is 5.43. The average Bonchev–Trinajstić information content (AvgIpc) is 2.97. The van der Waals surface area contributed by atoms with E-state index < -0.39 is 0 Å². The lowest BCUT2D eigenvalue weighted by Crippen LogP contribution is -2.36. The first-order valence-electron chi connectivity index (χ1n) is 7.84. The molecule has 2 aromatic rings. The maximum absolute atomic E-state index is 12.6. The largest absolute Gasteiger partial charge is 0.393 e. The lowest BCUT2D eigenvalue weighted by Gasteiger charge is -2.26. The molecular weight excluding hydrogens is 290 g/mol. The van der Waals surface area contributed by atoms with E-state index in [9.17, 15) is 9.90 Å². The summed E-state index contributed by atoms with van der Waals surface area (Å²) in [6.45, 7) is 8.31. The van der Waals surface area contributed by atoms with Gasteiger partial charge in [-0.25, -0.2) is 4.98 Å². The van der Waals surface area contributed by atoms with E-state index in [1.807, 2.05) is 49.7 Å². The number of rotatable bonds is 6. The van der Waals surface area contributed by atoms with Crippen LogP contribution >= 0.6 is 0 Å². The van der Waals surface area contributed by atoms with Crippen LogP contribution in [-0.4, -0.2) is 33.2 Å². The van der Waals surface area contributed by atoms with E-state index >= 15 is 0 Å². The topological polar surface area (TPSA) is 67.2 Å². The molecule has 0 aliphatic heterocycles. The van der Waals surface area contributed by atoms with E-state index in [1.54, 1.807) is 19.4 Å². The lowest BCUT2D eigenvalue weighted by molar-refractivity contribution is 0.0902. The van der Waals surface area contributed by atoms with Crippen molar-refractivity contribution in [3.8, 4) is 5.69 Å². The number of hydrogen-bond donors (Lipinski definition) is 2. The van der Waals surface area contributed by atoms with Crippen LogP contribution in [0.4, 0.5) is 0 Å². The first-order valence-corrected chi connectivity index (χ1v) is 7.84. The standard InChI is InChI=1S/C18H25N3O2/c1-13-5-6-16(21-8-7-19-12-21)15(9-13)17(23)20-11-18(3,4)10-14(2)22/h5-9,12,14,22H,10-11H2,1-4H3,(H,20,23). The van der Waals surface area contributed by atoms with E-state index in [2.05, 4.69) is 10.3 Å². The molecule has 23 heavy (non-hydrogen) atoms. The minimum Gasteiger partial charge on any atom is -0.393 e. The molecule has 0 saturated carbocycles. The van der Waals surface area contributed by atoms with E-state index in [4.69, 9.17) is 0 Å². The maximum Gasteiger partial charge on any atom is 0.253 e. The fourth-order valence-electron chi connectivity index (χ4n) is 2.75. The summed E-state index contributed by atoms with van der Waals surface area (Å²) in [4.78, 5) is 16.7. The Morgan fingerprint density at radius 2 is 2.17 bits per heavy atom. The number of aromatic nitrogens is 2. The molecule has 1 atom stereocenters. The Balaban J connectivity index is 2.18. The van der Waals surface area contributed by atoms with Gasteiger partial charge >= 0.3 is 0 Å². The van der Waals surface area contributed by atoms with Crippen LogP contribution in [0.1, 0.15) is 43.1 Å². The second-order valence-electron chi connectivity index (χ2n) is 6.89. The minimum atomic E-state index is -0.387. The molecule has 0 radical (unpaired) electrons. The minimum absolute atomic E-state index is 0.115. The Bertz CT molecular complexity index is 661. The van der Waals surface area contributed by atoms with Gasteiger partial charge in [-0.1, -0.05) is 25.5 Å². The number of amides is 1. The van der Waals surface area contributed by atoms with E-state index in [0.29, 0.717) is 18.5 Å². The first-order chi connectivity index (χ1) is 10.8. The van der Waals surface area contributed by atoms with Crippen LogP contribution < -0.4 is 5.32 Å². The highest BCUT2D eigenvalue weighted by atomic mass is 16.3. The smallest absolute Gasteiger partial charge is 0.253 e. The zero-order valence-electron chi connectivity index (χ0n) is 14.2. The first kappa shape index (κ1) is 17.2. The SMILES string of the molecule is Cc1ccc(-n2ccnc2)c(C(=O)NCC(C)(C)CC(C)O)c1. The Morgan fingerprint density at radius 1 is 1.43 bits per heavy atom. The molecule has 0 fully saturated rings. The molecule has 124 valence electrons. The van der Waals surface area contributed by atoms with Gasteiger partial charge in [-0.05, 0) is 37.8 Å². The molecule has 2 N–H and O–H groups in total.